The van der Waals surface area contributed by atoms with Crippen LogP contribution in [0.5, 0.6) is 0 Å². The van der Waals surface area contributed by atoms with E-state index in [1.54, 1.807) is 0 Å². The van der Waals surface area contributed by atoms with E-state index in [0.717, 1.165) is 36.6 Å². The monoisotopic (exact) mass is 416 g/mol. The number of halogens is 1. The molecule has 3 N–H and O–H groups in total. The molecule has 0 aromatic heterocycles. The maximum Gasteiger partial charge on any atom is 0.221 e. The summed E-state index contributed by atoms with van der Waals surface area (Å²) in [6, 6.07) is 15.6. The number of alkyl halides is 1. The molecule has 3 rings (SSSR count). The molecule has 2 aromatic carbocycles. The average Bonchev–Trinajstić information content (AvgIpc) is 2.66. The highest BCUT2D eigenvalue weighted by atomic mass is 35.5. The Balaban J connectivity index is 1.53. The van der Waals surface area contributed by atoms with Crippen LogP contribution >= 0.6 is 23.8 Å². The molecule has 1 heterocycles. The molecule has 7 heteroatoms. The van der Waals surface area contributed by atoms with E-state index in [4.69, 9.17) is 23.8 Å². The summed E-state index contributed by atoms with van der Waals surface area (Å²) in [5, 5.41) is 9.77. The SMILES string of the molecule is CC(=O)Nc1ccc(NC(=S)Nc2ccc(N3CCC(C)C(Cl)C3)cc2)cc1. The first-order valence-electron chi connectivity index (χ1n) is 9.35. The topological polar surface area (TPSA) is 56.4 Å². The van der Waals surface area contributed by atoms with E-state index >= 15 is 0 Å². The summed E-state index contributed by atoms with van der Waals surface area (Å²) >= 11 is 11.8. The van der Waals surface area contributed by atoms with Crippen molar-refractivity contribution in [3.8, 4) is 0 Å². The number of anilines is 4. The number of benzene rings is 2. The number of amides is 1. The number of carbonyl (C=O) groups excluding carboxylic acids is 1. The molecule has 1 saturated heterocycles. The lowest BCUT2D eigenvalue weighted by molar-refractivity contribution is -0.114. The standard InChI is InChI=1S/C21H25ClN4OS/c1-14-11-12-26(13-20(14)22)19-9-7-18(8-10-19)25-21(28)24-17-5-3-16(4-6-17)23-15(2)27/h3-10,14,20H,11-13H2,1-2H3,(H,23,27)(H2,24,25,28). The number of nitrogens with one attached hydrogen (secondary N) is 3. The summed E-state index contributed by atoms with van der Waals surface area (Å²) in [5.41, 5.74) is 3.69. The number of carbonyl (C=O) groups is 1. The number of nitrogens with zero attached hydrogens (tertiary/aromatic N) is 1. The van der Waals surface area contributed by atoms with Crippen molar-refractivity contribution in [3.63, 3.8) is 0 Å². The highest BCUT2D eigenvalue weighted by Gasteiger charge is 2.24. The van der Waals surface area contributed by atoms with Gasteiger partial charge in [-0.15, -0.1) is 11.6 Å². The third-order valence-corrected chi connectivity index (χ3v) is 5.59. The molecule has 2 unspecified atom stereocenters. The minimum Gasteiger partial charge on any atom is -0.370 e. The number of rotatable bonds is 4. The summed E-state index contributed by atoms with van der Waals surface area (Å²) in [7, 11) is 0. The van der Waals surface area contributed by atoms with Crippen LogP contribution in [0.25, 0.3) is 0 Å². The maximum absolute atomic E-state index is 11.1. The zero-order valence-corrected chi connectivity index (χ0v) is 17.6. The van der Waals surface area contributed by atoms with E-state index in [2.05, 4.69) is 39.9 Å². The zero-order chi connectivity index (χ0) is 20.1. The van der Waals surface area contributed by atoms with Crippen LogP contribution in [0, 0.1) is 5.92 Å². The van der Waals surface area contributed by atoms with Gasteiger partial charge in [-0.05, 0) is 73.1 Å². The Bertz CT molecular complexity index is 825. The smallest absolute Gasteiger partial charge is 0.221 e. The van der Waals surface area contributed by atoms with Crippen molar-refractivity contribution in [3.05, 3.63) is 48.5 Å². The maximum atomic E-state index is 11.1. The predicted octanol–water partition coefficient (Wildman–Crippen LogP) is 4.91. The molecular formula is C21H25ClN4OS. The second-order valence-electron chi connectivity index (χ2n) is 7.11. The first kappa shape index (κ1) is 20.4. The van der Waals surface area contributed by atoms with Gasteiger partial charge in [-0.3, -0.25) is 4.79 Å². The molecule has 1 amide bonds. The average molecular weight is 417 g/mol. The van der Waals surface area contributed by atoms with Gasteiger partial charge in [0.05, 0.1) is 5.38 Å². The Morgan fingerprint density at radius 2 is 1.50 bits per heavy atom. The molecule has 0 bridgehead atoms. The molecule has 28 heavy (non-hydrogen) atoms. The van der Waals surface area contributed by atoms with Crippen molar-refractivity contribution < 1.29 is 4.79 Å². The van der Waals surface area contributed by atoms with Crippen LogP contribution in [0.3, 0.4) is 0 Å². The highest BCUT2D eigenvalue weighted by molar-refractivity contribution is 7.80. The van der Waals surface area contributed by atoms with Crippen molar-refractivity contribution in [1.29, 1.82) is 0 Å². The van der Waals surface area contributed by atoms with Gasteiger partial charge in [0, 0.05) is 42.8 Å². The zero-order valence-electron chi connectivity index (χ0n) is 16.0. The third kappa shape index (κ3) is 5.59. The Labute approximate surface area is 176 Å². The predicted molar refractivity (Wildman–Crippen MR) is 123 cm³/mol. The van der Waals surface area contributed by atoms with Crippen LogP contribution < -0.4 is 20.9 Å². The minimum absolute atomic E-state index is 0.0954. The molecule has 0 spiro atoms. The molecule has 0 saturated carbocycles. The van der Waals surface area contributed by atoms with E-state index in [1.165, 1.54) is 12.6 Å². The van der Waals surface area contributed by atoms with Crippen LogP contribution in [0.1, 0.15) is 20.3 Å². The van der Waals surface area contributed by atoms with Crippen LogP contribution in [0.4, 0.5) is 22.7 Å². The second kappa shape index (κ2) is 9.26. The van der Waals surface area contributed by atoms with E-state index in [9.17, 15) is 4.79 Å². The fraction of sp³-hybridized carbons (Fsp3) is 0.333. The molecule has 1 fully saturated rings. The molecule has 1 aliphatic heterocycles. The quantitative estimate of drug-likeness (QED) is 0.488. The molecule has 1 aliphatic rings. The summed E-state index contributed by atoms with van der Waals surface area (Å²) in [6.45, 7) is 5.61. The number of thiocarbonyl (C=S) groups is 1. The Morgan fingerprint density at radius 1 is 1.00 bits per heavy atom. The van der Waals surface area contributed by atoms with Crippen LogP contribution in [-0.2, 0) is 4.79 Å². The van der Waals surface area contributed by atoms with Crippen molar-refractivity contribution in [1.82, 2.24) is 0 Å². The summed E-state index contributed by atoms with van der Waals surface area (Å²) in [4.78, 5) is 13.4. The minimum atomic E-state index is -0.0954. The molecule has 0 aliphatic carbocycles. The van der Waals surface area contributed by atoms with Gasteiger partial charge in [0.1, 0.15) is 0 Å². The van der Waals surface area contributed by atoms with Gasteiger partial charge in [-0.2, -0.15) is 0 Å². The first-order valence-corrected chi connectivity index (χ1v) is 10.2. The summed E-state index contributed by atoms with van der Waals surface area (Å²) in [6.07, 6.45) is 1.11. The largest absolute Gasteiger partial charge is 0.370 e. The van der Waals surface area contributed by atoms with Crippen LogP contribution in [-0.4, -0.2) is 29.5 Å². The molecule has 148 valence electrons. The molecule has 2 atom stereocenters. The molecular weight excluding hydrogens is 392 g/mol. The van der Waals surface area contributed by atoms with E-state index < -0.39 is 0 Å². The van der Waals surface area contributed by atoms with Gasteiger partial charge in [0.25, 0.3) is 0 Å². The van der Waals surface area contributed by atoms with Gasteiger partial charge >= 0.3 is 0 Å². The Kier molecular flexibility index (Phi) is 6.75. The highest BCUT2D eigenvalue weighted by Crippen LogP contribution is 2.27. The van der Waals surface area contributed by atoms with Crippen molar-refractivity contribution >= 4 is 57.6 Å². The molecule has 5 nitrogen and oxygen atoms in total. The van der Waals surface area contributed by atoms with Gasteiger partial charge in [0.15, 0.2) is 5.11 Å². The molecule has 0 radical (unpaired) electrons. The molecule has 2 aromatic rings. The van der Waals surface area contributed by atoms with E-state index in [1.807, 2.05) is 36.4 Å². The lowest BCUT2D eigenvalue weighted by Crippen LogP contribution is -2.40. The van der Waals surface area contributed by atoms with Crippen molar-refractivity contribution in [2.45, 2.75) is 25.6 Å². The van der Waals surface area contributed by atoms with Gasteiger partial charge < -0.3 is 20.9 Å². The van der Waals surface area contributed by atoms with Gasteiger partial charge in [-0.1, -0.05) is 6.92 Å². The fourth-order valence-corrected chi connectivity index (χ4v) is 3.67. The normalized spacial score (nSPS) is 19.0. The van der Waals surface area contributed by atoms with Gasteiger partial charge in [0.2, 0.25) is 5.91 Å². The number of hydrogen-bond acceptors (Lipinski definition) is 3. The summed E-state index contributed by atoms with van der Waals surface area (Å²) in [5.74, 6) is 0.469. The lowest BCUT2D eigenvalue weighted by atomic mass is 9.98. The van der Waals surface area contributed by atoms with E-state index in [0.29, 0.717) is 11.0 Å². The second-order valence-corrected chi connectivity index (χ2v) is 8.08. The Hall–Kier alpha value is -2.31. The van der Waals surface area contributed by atoms with Crippen molar-refractivity contribution in [2.24, 2.45) is 5.92 Å². The fourth-order valence-electron chi connectivity index (χ4n) is 3.15. The summed E-state index contributed by atoms with van der Waals surface area (Å²) < 4.78 is 0. The first-order chi connectivity index (χ1) is 13.4. The van der Waals surface area contributed by atoms with Crippen LogP contribution in [0.2, 0.25) is 0 Å². The number of hydrogen-bond donors (Lipinski definition) is 3. The lowest BCUT2D eigenvalue weighted by Gasteiger charge is -2.35. The number of piperidine rings is 1. The third-order valence-electron chi connectivity index (χ3n) is 4.82. The van der Waals surface area contributed by atoms with Crippen molar-refractivity contribution in [2.75, 3.05) is 33.9 Å². The Morgan fingerprint density at radius 3 is 2.00 bits per heavy atom. The van der Waals surface area contributed by atoms with E-state index in [-0.39, 0.29) is 11.3 Å². The van der Waals surface area contributed by atoms with Gasteiger partial charge in [-0.25, -0.2) is 0 Å². The van der Waals surface area contributed by atoms with Crippen LogP contribution in [0.15, 0.2) is 48.5 Å².